The summed E-state index contributed by atoms with van der Waals surface area (Å²) in [5, 5.41) is 46.9. The summed E-state index contributed by atoms with van der Waals surface area (Å²) in [6.45, 7) is 0. The average molecular weight is 1690 g/mol. The predicted octanol–water partition coefficient (Wildman–Crippen LogP) is 29.5. The number of hydrogen-bond donors (Lipinski definition) is 0. The van der Waals surface area contributed by atoms with Crippen molar-refractivity contribution < 1.29 is 0 Å². The van der Waals surface area contributed by atoms with E-state index in [4.69, 9.17) is 10.5 Å². The van der Waals surface area contributed by atoms with E-state index in [1.807, 2.05) is 36.4 Å². The van der Waals surface area contributed by atoms with Gasteiger partial charge in [0.1, 0.15) is 35.7 Å². The summed E-state index contributed by atoms with van der Waals surface area (Å²) in [7, 11) is 0. The molecule has 0 atom stereocenters. The smallest absolute Gasteiger partial charge is 0.148 e. The SMILES string of the molecule is N#Cc1ccc(-c2ccc(-c3cccc(-n4c5ccccc5c5ccccc54)c3)cc2)cn1.N#Cc1cccnc1-c1ccc(-c2cccc(-n3c4ccccc4c4ccccc43)c2)cc1.N#Cc1cncc(-c2ccc(-c3cccc(-n4c5ccccc5c5ccccc54)c3)cc2)c1.N#Cc1ncccc1-c1ccc(-c2cccc(-n3c4ccccc4c4ccccc43)c2)cc1. The number of rotatable bonds is 12. The molecule has 0 fully saturated rings. The monoisotopic (exact) mass is 1680 g/mol. The molecule has 8 aromatic heterocycles. The number of aromatic nitrogens is 8. The van der Waals surface area contributed by atoms with Crippen LogP contribution in [0.1, 0.15) is 22.5 Å². The lowest BCUT2D eigenvalue weighted by Gasteiger charge is -2.11. The van der Waals surface area contributed by atoms with Gasteiger partial charge in [-0.2, -0.15) is 21.0 Å². The maximum absolute atomic E-state index is 9.39. The van der Waals surface area contributed by atoms with Crippen molar-refractivity contribution in [3.05, 3.63) is 484 Å². The topological polar surface area (TPSA) is 166 Å². The van der Waals surface area contributed by atoms with Crippen molar-refractivity contribution >= 4 is 87.2 Å². The highest BCUT2D eigenvalue weighted by Gasteiger charge is 2.20. The van der Waals surface area contributed by atoms with Gasteiger partial charge < -0.3 is 18.3 Å². The van der Waals surface area contributed by atoms with Crippen molar-refractivity contribution in [2.75, 3.05) is 0 Å². The highest BCUT2D eigenvalue weighted by molar-refractivity contribution is 6.13. The van der Waals surface area contributed by atoms with Crippen LogP contribution in [-0.2, 0) is 0 Å². The molecule has 0 aliphatic heterocycles. The number of nitrogens with zero attached hydrogens (tertiary/aromatic N) is 12. The van der Waals surface area contributed by atoms with E-state index >= 15 is 0 Å². The quantitative estimate of drug-likeness (QED) is 0.117. The van der Waals surface area contributed by atoms with E-state index < -0.39 is 0 Å². The van der Waals surface area contributed by atoms with Crippen LogP contribution in [0.5, 0.6) is 0 Å². The summed E-state index contributed by atoms with van der Waals surface area (Å²) in [6, 6.07) is 158. The molecule has 0 N–H and O–H groups in total. The van der Waals surface area contributed by atoms with E-state index in [2.05, 4.69) is 439 Å². The zero-order valence-corrected chi connectivity index (χ0v) is 71.2. The Morgan fingerprint density at radius 2 is 0.508 bits per heavy atom. The molecule has 0 aliphatic carbocycles. The van der Waals surface area contributed by atoms with Crippen molar-refractivity contribution in [3.8, 4) is 136 Å². The van der Waals surface area contributed by atoms with Gasteiger partial charge >= 0.3 is 0 Å². The van der Waals surface area contributed by atoms with Crippen molar-refractivity contribution in [3.63, 3.8) is 0 Å². The summed E-state index contributed by atoms with van der Waals surface area (Å²) in [5.74, 6) is 0. The lowest BCUT2D eigenvalue weighted by molar-refractivity contribution is 1.18. The molecule has 12 heteroatoms. The second-order valence-electron chi connectivity index (χ2n) is 32.1. The van der Waals surface area contributed by atoms with Gasteiger partial charge in [-0.1, -0.05) is 291 Å². The van der Waals surface area contributed by atoms with Crippen molar-refractivity contribution in [1.29, 1.82) is 21.0 Å². The summed E-state index contributed by atoms with van der Waals surface area (Å²) < 4.78 is 9.33. The van der Waals surface area contributed by atoms with Crippen molar-refractivity contribution in [2.24, 2.45) is 0 Å². The molecule has 0 saturated heterocycles. The van der Waals surface area contributed by atoms with Gasteiger partial charge in [0, 0.05) is 119 Å². The summed E-state index contributed by atoms with van der Waals surface area (Å²) in [5.41, 5.74) is 32.9. The standard InChI is InChI=1S/4C30H19N3/c31-20-24-8-6-18-32-30(24)22-16-14-21(15-17-22)23-7-5-9-25(19-23)33-28-12-3-1-10-26(28)27-11-2-4-13-29(27)33;31-20-28-25(11-6-18-32-28)22-16-14-21(15-17-22)23-7-5-8-24(19-23)33-29-12-3-1-9-26(29)27-10-2-4-13-30(27)33;31-18-21-16-25(20-32-19-21)23-14-12-22(13-15-23)24-6-5-7-26(17-24)33-29-10-3-1-8-27(29)28-9-2-4-11-30(28)33;31-19-25-17-16-24(20-32-25)22-14-12-21(13-15-22)23-6-5-7-26(18-23)33-29-10-3-1-8-27(29)28-9-2-4-11-30(28)33/h2*1-19H;1-17,19-20H;1-18,20H. The number of para-hydroxylation sites is 8. The van der Waals surface area contributed by atoms with E-state index in [1.165, 1.54) is 92.8 Å². The van der Waals surface area contributed by atoms with Gasteiger partial charge in [-0.15, -0.1) is 0 Å². The number of nitriles is 4. The molecular formula is C120H76N12. The zero-order chi connectivity index (χ0) is 88.8. The van der Waals surface area contributed by atoms with Crippen LogP contribution in [0.2, 0.25) is 0 Å². The summed E-state index contributed by atoms with van der Waals surface area (Å²) in [6.07, 6.45) is 8.49. The second-order valence-corrected chi connectivity index (χ2v) is 32.1. The first-order chi connectivity index (χ1) is 65.3. The predicted molar refractivity (Wildman–Crippen MR) is 537 cm³/mol. The number of benzene rings is 16. The molecule has 16 aromatic carbocycles. The van der Waals surface area contributed by atoms with Crippen LogP contribution >= 0.6 is 0 Å². The van der Waals surface area contributed by atoms with Crippen LogP contribution in [0.15, 0.2) is 462 Å². The molecule has 0 aliphatic rings. The first-order valence-corrected chi connectivity index (χ1v) is 43.5. The fraction of sp³-hybridized carbons (Fsp3) is 0. The van der Waals surface area contributed by atoms with Crippen molar-refractivity contribution in [1.82, 2.24) is 38.2 Å². The molecule has 0 saturated carbocycles. The largest absolute Gasteiger partial charge is 0.309 e. The summed E-state index contributed by atoms with van der Waals surface area (Å²) in [4.78, 5) is 16.9. The van der Waals surface area contributed by atoms with E-state index in [9.17, 15) is 10.5 Å². The molecule has 8 heterocycles. The maximum atomic E-state index is 9.39. The van der Waals surface area contributed by atoms with Crippen LogP contribution in [0, 0.1) is 45.3 Å². The number of fused-ring (bicyclic) bond motifs is 12. The van der Waals surface area contributed by atoms with Gasteiger partial charge in [0.05, 0.1) is 61.0 Å². The van der Waals surface area contributed by atoms with Crippen LogP contribution in [0.4, 0.5) is 0 Å². The van der Waals surface area contributed by atoms with Crippen LogP contribution in [-0.4, -0.2) is 38.2 Å². The molecule has 0 bridgehead atoms. The molecule has 0 amide bonds. The normalized spacial score (nSPS) is 11.0. The van der Waals surface area contributed by atoms with Crippen molar-refractivity contribution in [2.45, 2.75) is 0 Å². The fourth-order valence-electron chi connectivity index (χ4n) is 18.2. The van der Waals surface area contributed by atoms with Crippen LogP contribution < -0.4 is 0 Å². The number of hydrogen-bond acceptors (Lipinski definition) is 8. The Balaban J connectivity index is 0.000000106. The Morgan fingerprint density at radius 1 is 0.197 bits per heavy atom. The Hall–Kier alpha value is -18.7. The average Bonchev–Trinajstić information content (AvgIpc) is 1.61. The van der Waals surface area contributed by atoms with Gasteiger partial charge in [0.25, 0.3) is 0 Å². The number of pyridine rings is 4. The molecule has 24 aromatic rings. The summed E-state index contributed by atoms with van der Waals surface area (Å²) >= 11 is 0. The Labute approximate surface area is 761 Å². The van der Waals surface area contributed by atoms with Gasteiger partial charge in [0.15, 0.2) is 0 Å². The fourth-order valence-corrected chi connectivity index (χ4v) is 18.2. The minimum Gasteiger partial charge on any atom is -0.309 e. The molecule has 616 valence electrons. The Bertz CT molecular complexity index is 8220. The third kappa shape index (κ3) is 15.5. The Kier molecular flexibility index (Phi) is 21.8. The molecule has 0 unspecified atom stereocenters. The van der Waals surface area contributed by atoms with E-state index in [-0.39, 0.29) is 0 Å². The highest BCUT2D eigenvalue weighted by Crippen LogP contribution is 2.41. The first kappa shape index (κ1) is 80.4. The minimum atomic E-state index is 0.428. The highest BCUT2D eigenvalue weighted by atomic mass is 15.0. The minimum absolute atomic E-state index is 0.428. The third-order valence-corrected chi connectivity index (χ3v) is 24.4. The molecule has 132 heavy (non-hydrogen) atoms. The lowest BCUT2D eigenvalue weighted by atomic mass is 9.99. The zero-order valence-electron chi connectivity index (χ0n) is 71.2. The molecule has 0 radical (unpaired) electrons. The van der Waals surface area contributed by atoms with Gasteiger partial charge in [-0.3, -0.25) is 9.97 Å². The Morgan fingerprint density at radius 3 is 0.833 bits per heavy atom. The van der Waals surface area contributed by atoms with E-state index in [0.29, 0.717) is 28.2 Å². The van der Waals surface area contributed by atoms with Gasteiger partial charge in [-0.05, 0) is 201 Å². The maximum Gasteiger partial charge on any atom is 0.148 e. The lowest BCUT2D eigenvalue weighted by Crippen LogP contribution is -1.94. The molecule has 12 nitrogen and oxygen atoms in total. The molecular weight excluding hydrogens is 1610 g/mol. The molecule has 24 rings (SSSR count). The van der Waals surface area contributed by atoms with Crippen LogP contribution in [0.3, 0.4) is 0 Å². The first-order valence-electron chi connectivity index (χ1n) is 43.5. The molecule has 0 spiro atoms. The van der Waals surface area contributed by atoms with E-state index in [0.717, 1.165) is 101 Å². The van der Waals surface area contributed by atoms with Crippen LogP contribution in [0.25, 0.3) is 199 Å². The second kappa shape index (κ2) is 35.7. The van der Waals surface area contributed by atoms with Gasteiger partial charge in [-0.25, -0.2) is 9.97 Å². The third-order valence-electron chi connectivity index (χ3n) is 24.4. The van der Waals surface area contributed by atoms with E-state index in [1.54, 1.807) is 49.2 Å². The van der Waals surface area contributed by atoms with Gasteiger partial charge in [0.2, 0.25) is 0 Å².